The smallest absolute Gasteiger partial charge is 0.244 e. The van der Waals surface area contributed by atoms with E-state index in [9.17, 15) is 18.0 Å². The summed E-state index contributed by atoms with van der Waals surface area (Å²) in [5.41, 5.74) is 4.30. The van der Waals surface area contributed by atoms with E-state index in [-0.39, 0.29) is 18.5 Å². The summed E-state index contributed by atoms with van der Waals surface area (Å²) in [7, 11) is -3.78. The van der Waals surface area contributed by atoms with Crippen molar-refractivity contribution in [3.8, 4) is 0 Å². The highest BCUT2D eigenvalue weighted by atomic mass is 32.2. The third-order valence-corrected chi connectivity index (χ3v) is 7.63. The molecule has 0 heterocycles. The zero-order valence-corrected chi connectivity index (χ0v) is 24.2. The molecule has 0 radical (unpaired) electrons. The first-order valence-corrected chi connectivity index (χ1v) is 15.1. The number of amides is 2. The molecule has 0 aliphatic carbocycles. The summed E-state index contributed by atoms with van der Waals surface area (Å²) in [6.07, 6.45) is 2.20. The Bertz CT molecular complexity index is 1340. The van der Waals surface area contributed by atoms with Crippen LogP contribution in [0.4, 0.5) is 5.69 Å². The molecule has 3 aromatic carbocycles. The lowest BCUT2D eigenvalue weighted by molar-refractivity contribution is -0.140. The van der Waals surface area contributed by atoms with Gasteiger partial charge in [0.15, 0.2) is 0 Å². The van der Waals surface area contributed by atoms with Crippen molar-refractivity contribution < 1.29 is 18.0 Å². The molecule has 0 saturated heterocycles. The highest BCUT2D eigenvalue weighted by Gasteiger charge is 2.33. The molecular weight excluding hydrogens is 510 g/mol. The number of rotatable bonds is 12. The van der Waals surface area contributed by atoms with Crippen molar-refractivity contribution in [2.24, 2.45) is 0 Å². The van der Waals surface area contributed by atoms with Crippen LogP contribution in [0.25, 0.3) is 0 Å². The molecule has 1 N–H and O–H groups in total. The van der Waals surface area contributed by atoms with Crippen LogP contribution >= 0.6 is 0 Å². The van der Waals surface area contributed by atoms with Gasteiger partial charge in [-0.1, -0.05) is 79.2 Å². The molecule has 0 aliphatic rings. The minimum absolute atomic E-state index is 0.128. The molecule has 3 aromatic rings. The van der Waals surface area contributed by atoms with Gasteiger partial charge in [-0.15, -0.1) is 0 Å². The SMILES string of the molecule is CCc1ccc(N(CC(=O)N(Cc2ccc(C)cc2)C(Cc2ccccc2)C(=O)NC(C)C)S(C)(=O)=O)cc1. The predicted octanol–water partition coefficient (Wildman–Crippen LogP) is 4.49. The van der Waals surface area contributed by atoms with Crippen molar-refractivity contribution in [3.63, 3.8) is 0 Å². The Balaban J connectivity index is 2.03. The van der Waals surface area contributed by atoms with Gasteiger partial charge in [0.05, 0.1) is 11.9 Å². The summed E-state index contributed by atoms with van der Waals surface area (Å²) in [5.74, 6) is -0.743. The van der Waals surface area contributed by atoms with Gasteiger partial charge < -0.3 is 10.2 Å². The first-order chi connectivity index (χ1) is 18.5. The van der Waals surface area contributed by atoms with E-state index in [1.54, 1.807) is 12.1 Å². The van der Waals surface area contributed by atoms with E-state index in [4.69, 9.17) is 0 Å². The van der Waals surface area contributed by atoms with Crippen molar-refractivity contribution in [1.29, 1.82) is 0 Å². The molecule has 0 aromatic heterocycles. The Morgan fingerprint density at radius 3 is 1.97 bits per heavy atom. The van der Waals surface area contributed by atoms with E-state index < -0.39 is 28.5 Å². The summed E-state index contributed by atoms with van der Waals surface area (Å²) < 4.78 is 26.8. The zero-order valence-electron chi connectivity index (χ0n) is 23.4. The van der Waals surface area contributed by atoms with Gasteiger partial charge in [-0.25, -0.2) is 8.42 Å². The number of hydrogen-bond donors (Lipinski definition) is 1. The van der Waals surface area contributed by atoms with E-state index in [0.717, 1.165) is 39.2 Å². The molecule has 8 heteroatoms. The first kappa shape index (κ1) is 29.9. The lowest BCUT2D eigenvalue weighted by Gasteiger charge is -2.34. The third-order valence-electron chi connectivity index (χ3n) is 6.49. The lowest BCUT2D eigenvalue weighted by Crippen LogP contribution is -2.54. The molecule has 0 aliphatic heterocycles. The highest BCUT2D eigenvalue weighted by molar-refractivity contribution is 7.92. The maximum Gasteiger partial charge on any atom is 0.244 e. The Morgan fingerprint density at radius 1 is 0.846 bits per heavy atom. The van der Waals surface area contributed by atoms with Gasteiger partial charge in [-0.05, 0) is 56.0 Å². The zero-order chi connectivity index (χ0) is 28.6. The summed E-state index contributed by atoms with van der Waals surface area (Å²) in [6, 6.07) is 23.5. The molecule has 39 heavy (non-hydrogen) atoms. The van der Waals surface area contributed by atoms with Crippen LogP contribution < -0.4 is 9.62 Å². The van der Waals surface area contributed by atoms with Gasteiger partial charge in [0.2, 0.25) is 21.8 Å². The summed E-state index contributed by atoms with van der Waals surface area (Å²) >= 11 is 0. The predicted molar refractivity (Wildman–Crippen MR) is 157 cm³/mol. The Hall–Kier alpha value is -3.65. The molecule has 0 bridgehead atoms. The first-order valence-electron chi connectivity index (χ1n) is 13.2. The van der Waals surface area contributed by atoms with Crippen LogP contribution in [0.2, 0.25) is 0 Å². The Morgan fingerprint density at radius 2 is 1.44 bits per heavy atom. The second kappa shape index (κ2) is 13.4. The number of sulfonamides is 1. The standard InChI is InChI=1S/C31H39N3O4S/c1-6-25-16-18-28(19-17-25)34(39(5,37)38)22-30(35)33(21-27-14-12-24(4)13-15-27)29(31(36)32-23(2)3)20-26-10-8-7-9-11-26/h7-19,23,29H,6,20-22H2,1-5H3,(H,32,36). The van der Waals surface area contributed by atoms with Gasteiger partial charge in [-0.2, -0.15) is 0 Å². The fraction of sp³-hybridized carbons (Fsp3) is 0.355. The van der Waals surface area contributed by atoms with Gasteiger partial charge in [-0.3, -0.25) is 13.9 Å². The highest BCUT2D eigenvalue weighted by Crippen LogP contribution is 2.21. The molecule has 2 amide bonds. The van der Waals surface area contributed by atoms with Crippen molar-refractivity contribution in [2.75, 3.05) is 17.1 Å². The van der Waals surface area contributed by atoms with Crippen LogP contribution in [0, 0.1) is 6.92 Å². The molecule has 0 spiro atoms. The second-order valence-electron chi connectivity index (χ2n) is 10.2. The molecular formula is C31H39N3O4S. The number of hydrogen-bond acceptors (Lipinski definition) is 4. The summed E-state index contributed by atoms with van der Waals surface area (Å²) in [5, 5.41) is 2.96. The Kier molecular flexibility index (Phi) is 10.3. The maximum absolute atomic E-state index is 14.0. The number of carbonyl (C=O) groups is 2. The monoisotopic (exact) mass is 549 g/mol. The summed E-state index contributed by atoms with van der Waals surface area (Å²) in [6.45, 7) is 7.48. The van der Waals surface area contributed by atoms with Gasteiger partial charge in [0, 0.05) is 19.0 Å². The molecule has 7 nitrogen and oxygen atoms in total. The average molecular weight is 550 g/mol. The molecule has 1 atom stereocenters. The quantitative estimate of drug-likeness (QED) is 0.361. The number of nitrogens with zero attached hydrogens (tertiary/aromatic N) is 2. The van der Waals surface area contributed by atoms with E-state index in [1.807, 2.05) is 94.4 Å². The maximum atomic E-state index is 14.0. The van der Waals surface area contributed by atoms with Crippen molar-refractivity contribution >= 4 is 27.5 Å². The van der Waals surface area contributed by atoms with Crippen LogP contribution in [0.5, 0.6) is 0 Å². The van der Waals surface area contributed by atoms with Gasteiger partial charge >= 0.3 is 0 Å². The van der Waals surface area contributed by atoms with Crippen molar-refractivity contribution in [3.05, 3.63) is 101 Å². The van der Waals surface area contributed by atoms with E-state index in [2.05, 4.69) is 5.32 Å². The van der Waals surface area contributed by atoms with E-state index >= 15 is 0 Å². The third kappa shape index (κ3) is 8.68. The molecule has 3 rings (SSSR count). The second-order valence-corrected chi connectivity index (χ2v) is 12.1. The lowest BCUT2D eigenvalue weighted by atomic mass is 10.0. The fourth-order valence-corrected chi connectivity index (χ4v) is 5.19. The number of anilines is 1. The van der Waals surface area contributed by atoms with E-state index in [1.165, 1.54) is 4.90 Å². The molecule has 208 valence electrons. The van der Waals surface area contributed by atoms with Crippen molar-refractivity contribution in [2.45, 2.75) is 59.2 Å². The largest absolute Gasteiger partial charge is 0.352 e. The van der Waals surface area contributed by atoms with Crippen LogP contribution in [0.1, 0.15) is 43.0 Å². The number of aryl methyl sites for hydroxylation is 2. The number of carbonyl (C=O) groups excluding carboxylic acids is 2. The summed E-state index contributed by atoms with van der Waals surface area (Å²) in [4.78, 5) is 29.1. The molecule has 0 saturated carbocycles. The van der Waals surface area contributed by atoms with Crippen LogP contribution in [-0.4, -0.2) is 50.0 Å². The minimum Gasteiger partial charge on any atom is -0.352 e. The van der Waals surface area contributed by atoms with Crippen LogP contribution in [0.3, 0.4) is 0 Å². The number of nitrogens with one attached hydrogen (secondary N) is 1. The van der Waals surface area contributed by atoms with E-state index in [0.29, 0.717) is 12.1 Å². The normalized spacial score (nSPS) is 12.2. The minimum atomic E-state index is -3.78. The average Bonchev–Trinajstić information content (AvgIpc) is 2.90. The van der Waals surface area contributed by atoms with Gasteiger partial charge in [0.1, 0.15) is 12.6 Å². The van der Waals surface area contributed by atoms with Crippen molar-refractivity contribution in [1.82, 2.24) is 10.2 Å². The van der Waals surface area contributed by atoms with Crippen LogP contribution in [-0.2, 0) is 39.0 Å². The molecule has 0 fully saturated rings. The number of benzene rings is 3. The van der Waals surface area contributed by atoms with Crippen LogP contribution in [0.15, 0.2) is 78.9 Å². The topological polar surface area (TPSA) is 86.8 Å². The fourth-order valence-electron chi connectivity index (χ4n) is 4.34. The van der Waals surface area contributed by atoms with Gasteiger partial charge in [0.25, 0.3) is 0 Å². The Labute approximate surface area is 232 Å². The molecule has 1 unspecified atom stereocenters.